The molecule has 0 aliphatic heterocycles. The zero-order valence-corrected chi connectivity index (χ0v) is 23.0. The van der Waals surface area contributed by atoms with Gasteiger partial charge in [-0.3, -0.25) is 4.79 Å². The van der Waals surface area contributed by atoms with Crippen molar-refractivity contribution >= 4 is 28.0 Å². The Hall–Kier alpha value is -3.70. The van der Waals surface area contributed by atoms with Crippen LogP contribution in [0.3, 0.4) is 0 Å². The van der Waals surface area contributed by atoms with Crippen molar-refractivity contribution < 1.29 is 32.3 Å². The molecule has 11 heteroatoms. The number of hydrogen-bond acceptors (Lipinski definition) is 7. The summed E-state index contributed by atoms with van der Waals surface area (Å²) in [5.74, 6) is -1.69. The molecule has 1 aliphatic rings. The third kappa shape index (κ3) is 8.93. The van der Waals surface area contributed by atoms with Crippen LogP contribution in [0.25, 0.3) is 0 Å². The number of benzene rings is 2. The van der Waals surface area contributed by atoms with E-state index in [0.717, 1.165) is 11.1 Å². The minimum Gasteiger partial charge on any atom is -0.467 e. The molecule has 0 radical (unpaired) electrons. The molecule has 0 aromatic heterocycles. The molecule has 1 aliphatic carbocycles. The fourth-order valence-corrected chi connectivity index (χ4v) is 5.79. The van der Waals surface area contributed by atoms with Gasteiger partial charge in [-0.15, -0.1) is 0 Å². The Labute approximate surface area is 229 Å². The van der Waals surface area contributed by atoms with Crippen molar-refractivity contribution in [3.8, 4) is 0 Å². The number of carbonyl (C=O) groups excluding carboxylic acids is 3. The number of rotatable bonds is 12. The molecule has 10 nitrogen and oxygen atoms in total. The second-order valence-electron chi connectivity index (χ2n) is 9.63. The average molecular weight is 558 g/mol. The van der Waals surface area contributed by atoms with E-state index in [2.05, 4.69) is 15.4 Å². The maximum atomic E-state index is 13.2. The molecule has 2 aromatic carbocycles. The Kier molecular flexibility index (Phi) is 10.6. The van der Waals surface area contributed by atoms with Crippen LogP contribution in [0.5, 0.6) is 0 Å². The summed E-state index contributed by atoms with van der Waals surface area (Å²) in [4.78, 5) is 37.7. The molecule has 4 atom stereocenters. The van der Waals surface area contributed by atoms with E-state index in [1.165, 1.54) is 13.2 Å². The number of carbonyl (C=O) groups is 3. The van der Waals surface area contributed by atoms with E-state index in [0.29, 0.717) is 0 Å². The molecule has 39 heavy (non-hydrogen) atoms. The number of sulfonamides is 1. The fourth-order valence-electron chi connectivity index (χ4n) is 4.12. The first-order valence-electron chi connectivity index (χ1n) is 12.7. The molecule has 0 saturated heterocycles. The SMILES string of the molecule is COC(=O)[C@H](Cc1ccccc1)NC(=O)[C@@H](NS(=O)(=O)[C@H]1C=C[C@@H](NC(=O)OCc2ccccc2)C1)C(C)C. The van der Waals surface area contributed by atoms with E-state index >= 15 is 0 Å². The molecule has 0 bridgehead atoms. The smallest absolute Gasteiger partial charge is 0.407 e. The van der Waals surface area contributed by atoms with Gasteiger partial charge in [0.15, 0.2) is 0 Å². The molecule has 2 aromatic rings. The third-order valence-electron chi connectivity index (χ3n) is 6.28. The normalized spacial score (nSPS) is 18.3. The van der Waals surface area contributed by atoms with Crippen LogP contribution in [0.2, 0.25) is 0 Å². The standard InChI is InChI=1S/C28H35N3O7S/c1-19(2)25(26(32)30-24(27(33)37-3)16-20-10-6-4-7-11-20)31-39(35,36)23-15-14-22(17-23)29-28(34)38-18-21-12-8-5-9-13-21/h4-15,19,22-25,31H,16-18H2,1-3H3,(H,29,34)(H,30,32)/t22-,23+,24+,25+/m1/s1. The van der Waals surface area contributed by atoms with Gasteiger partial charge in [0.2, 0.25) is 15.9 Å². The first kappa shape index (κ1) is 29.9. The van der Waals surface area contributed by atoms with Gasteiger partial charge in [-0.05, 0) is 23.5 Å². The Balaban J connectivity index is 1.58. The van der Waals surface area contributed by atoms with Gasteiger partial charge in [0.1, 0.15) is 18.7 Å². The summed E-state index contributed by atoms with van der Waals surface area (Å²) in [6.45, 7) is 3.50. The lowest BCUT2D eigenvalue weighted by molar-refractivity contribution is -0.145. The van der Waals surface area contributed by atoms with Gasteiger partial charge in [0.05, 0.1) is 18.4 Å². The molecule has 210 valence electrons. The maximum Gasteiger partial charge on any atom is 0.407 e. The van der Waals surface area contributed by atoms with Crippen LogP contribution in [0.4, 0.5) is 4.79 Å². The van der Waals surface area contributed by atoms with Crippen LogP contribution in [0.1, 0.15) is 31.4 Å². The molecule has 3 N–H and O–H groups in total. The fraction of sp³-hybridized carbons (Fsp3) is 0.393. The van der Waals surface area contributed by atoms with Crippen molar-refractivity contribution in [3.05, 3.63) is 83.9 Å². The number of nitrogens with one attached hydrogen (secondary N) is 3. The van der Waals surface area contributed by atoms with E-state index in [9.17, 15) is 22.8 Å². The van der Waals surface area contributed by atoms with Crippen molar-refractivity contribution in [2.75, 3.05) is 7.11 Å². The predicted molar refractivity (Wildman–Crippen MR) is 146 cm³/mol. The summed E-state index contributed by atoms with van der Waals surface area (Å²) in [6, 6.07) is 15.6. The number of amides is 2. The van der Waals surface area contributed by atoms with Crippen molar-refractivity contribution in [2.24, 2.45) is 5.92 Å². The van der Waals surface area contributed by atoms with E-state index in [4.69, 9.17) is 9.47 Å². The minimum atomic E-state index is -4.00. The highest BCUT2D eigenvalue weighted by atomic mass is 32.2. The Morgan fingerprint density at radius 1 is 0.949 bits per heavy atom. The molecular formula is C28H35N3O7S. The lowest BCUT2D eigenvalue weighted by Gasteiger charge is -2.26. The summed E-state index contributed by atoms with van der Waals surface area (Å²) in [6.07, 6.45) is 2.68. The Morgan fingerprint density at radius 3 is 2.15 bits per heavy atom. The highest BCUT2D eigenvalue weighted by Crippen LogP contribution is 2.20. The monoisotopic (exact) mass is 557 g/mol. The summed E-state index contributed by atoms with van der Waals surface area (Å²) >= 11 is 0. The van der Waals surface area contributed by atoms with Gasteiger partial charge < -0.3 is 20.1 Å². The second kappa shape index (κ2) is 13.9. The van der Waals surface area contributed by atoms with Crippen LogP contribution in [-0.4, -0.2) is 56.9 Å². The van der Waals surface area contributed by atoms with Crippen LogP contribution in [-0.2, 0) is 42.1 Å². The highest BCUT2D eigenvalue weighted by Gasteiger charge is 2.36. The molecule has 0 saturated carbocycles. The number of alkyl carbamates (subject to hydrolysis) is 1. The van der Waals surface area contributed by atoms with Gasteiger partial charge in [0, 0.05) is 6.42 Å². The van der Waals surface area contributed by atoms with Crippen molar-refractivity contribution in [1.82, 2.24) is 15.4 Å². The van der Waals surface area contributed by atoms with Crippen LogP contribution >= 0.6 is 0 Å². The van der Waals surface area contributed by atoms with Gasteiger partial charge >= 0.3 is 12.1 Å². The van der Waals surface area contributed by atoms with E-state index in [-0.39, 0.29) is 19.4 Å². The van der Waals surface area contributed by atoms with Gasteiger partial charge in [-0.25, -0.2) is 22.7 Å². The summed E-state index contributed by atoms with van der Waals surface area (Å²) in [7, 11) is -2.77. The van der Waals surface area contributed by atoms with Gasteiger partial charge in [-0.2, -0.15) is 0 Å². The van der Waals surface area contributed by atoms with E-state index in [1.54, 1.807) is 19.9 Å². The van der Waals surface area contributed by atoms with E-state index in [1.807, 2.05) is 60.7 Å². The molecule has 0 spiro atoms. The van der Waals surface area contributed by atoms with Crippen LogP contribution in [0.15, 0.2) is 72.8 Å². The summed E-state index contributed by atoms with van der Waals surface area (Å²) < 4.78 is 38.9. The number of methoxy groups -OCH3 is 1. The Bertz CT molecular complexity index is 1250. The number of ether oxygens (including phenoxy) is 2. The lowest BCUT2D eigenvalue weighted by atomic mass is 10.0. The number of hydrogen-bond donors (Lipinski definition) is 3. The first-order valence-corrected chi connectivity index (χ1v) is 14.2. The summed E-state index contributed by atoms with van der Waals surface area (Å²) in [5, 5.41) is 4.32. The van der Waals surface area contributed by atoms with Crippen LogP contribution < -0.4 is 15.4 Å². The van der Waals surface area contributed by atoms with Gasteiger partial charge in [-0.1, -0.05) is 86.7 Å². The second-order valence-corrected chi connectivity index (χ2v) is 11.6. The molecule has 2 amide bonds. The Morgan fingerprint density at radius 2 is 1.56 bits per heavy atom. The topological polar surface area (TPSA) is 140 Å². The molecule has 0 heterocycles. The largest absolute Gasteiger partial charge is 0.467 e. The predicted octanol–water partition coefficient (Wildman–Crippen LogP) is 2.45. The van der Waals surface area contributed by atoms with E-state index < -0.39 is 57.3 Å². The van der Waals surface area contributed by atoms with Crippen LogP contribution in [0, 0.1) is 5.92 Å². The van der Waals surface area contributed by atoms with Crippen molar-refractivity contribution in [1.29, 1.82) is 0 Å². The molecule has 3 rings (SSSR count). The zero-order chi connectivity index (χ0) is 28.4. The zero-order valence-electron chi connectivity index (χ0n) is 22.2. The summed E-state index contributed by atoms with van der Waals surface area (Å²) in [5.41, 5.74) is 1.64. The maximum absolute atomic E-state index is 13.2. The molecular weight excluding hydrogens is 522 g/mol. The molecule has 0 unspecified atom stereocenters. The average Bonchev–Trinajstić information content (AvgIpc) is 3.40. The third-order valence-corrected chi connectivity index (χ3v) is 8.01. The van der Waals surface area contributed by atoms with Gasteiger partial charge in [0.25, 0.3) is 0 Å². The minimum absolute atomic E-state index is 0.0843. The molecule has 0 fully saturated rings. The lowest BCUT2D eigenvalue weighted by Crippen LogP contribution is -2.55. The quantitative estimate of drug-likeness (QED) is 0.269. The highest BCUT2D eigenvalue weighted by molar-refractivity contribution is 7.90. The van der Waals surface area contributed by atoms with Crippen molar-refractivity contribution in [2.45, 2.75) is 56.7 Å². The number of esters is 1. The first-order chi connectivity index (χ1) is 18.6. The van der Waals surface area contributed by atoms with Crippen molar-refractivity contribution in [3.63, 3.8) is 0 Å².